The predicted molar refractivity (Wildman–Crippen MR) is 82.9 cm³/mol. The van der Waals surface area contributed by atoms with E-state index in [-0.39, 0.29) is 12.1 Å². The van der Waals surface area contributed by atoms with Gasteiger partial charge in [-0.1, -0.05) is 18.0 Å². The minimum atomic E-state index is 0.0980. The number of rotatable bonds is 5. The first kappa shape index (κ1) is 15.5. The van der Waals surface area contributed by atoms with Crippen molar-refractivity contribution in [2.75, 3.05) is 7.11 Å². The summed E-state index contributed by atoms with van der Waals surface area (Å²) in [5.74, 6) is 1.38. The second kappa shape index (κ2) is 7.19. The Balaban J connectivity index is 2.18. The maximum Gasteiger partial charge on any atom is 0.180 e. The van der Waals surface area contributed by atoms with Gasteiger partial charge in [0.2, 0.25) is 0 Å². The summed E-state index contributed by atoms with van der Waals surface area (Å²) in [6, 6.07) is 4.01. The van der Waals surface area contributed by atoms with Crippen molar-refractivity contribution in [1.29, 1.82) is 0 Å². The van der Waals surface area contributed by atoms with E-state index in [4.69, 9.17) is 26.8 Å². The molecule has 1 aliphatic carbocycles. The van der Waals surface area contributed by atoms with Gasteiger partial charge in [0.25, 0.3) is 0 Å². The molecule has 0 amide bonds. The standard InChI is InChI=1S/C16H24ClNO2/c1-11(18)8-12-9-14(17)16(15(10-12)19-2)20-13-6-4-3-5-7-13/h9-11,13H,3-8,18H2,1-2H3. The van der Waals surface area contributed by atoms with Crippen LogP contribution in [0.25, 0.3) is 0 Å². The molecule has 2 rings (SSSR count). The predicted octanol–water partition coefficient (Wildman–Crippen LogP) is 3.95. The summed E-state index contributed by atoms with van der Waals surface area (Å²) in [6.07, 6.45) is 7.00. The molecule has 1 aliphatic rings. The topological polar surface area (TPSA) is 44.5 Å². The van der Waals surface area contributed by atoms with E-state index in [0.29, 0.717) is 16.5 Å². The minimum Gasteiger partial charge on any atom is -0.493 e. The summed E-state index contributed by atoms with van der Waals surface area (Å²) < 4.78 is 11.5. The summed E-state index contributed by atoms with van der Waals surface area (Å²) in [5, 5.41) is 0.616. The normalized spacial score (nSPS) is 17.8. The highest BCUT2D eigenvalue weighted by Gasteiger charge is 2.19. The zero-order chi connectivity index (χ0) is 14.5. The molecule has 4 heteroatoms. The molecule has 1 unspecified atom stereocenters. The lowest BCUT2D eigenvalue weighted by Crippen LogP contribution is -2.20. The van der Waals surface area contributed by atoms with Crippen LogP contribution in [0.4, 0.5) is 0 Å². The summed E-state index contributed by atoms with van der Waals surface area (Å²) in [5.41, 5.74) is 6.92. The second-order valence-corrected chi connectivity index (χ2v) is 6.08. The third-order valence-electron chi connectivity index (χ3n) is 3.68. The third-order valence-corrected chi connectivity index (χ3v) is 3.96. The molecule has 0 heterocycles. The highest BCUT2D eigenvalue weighted by molar-refractivity contribution is 6.32. The molecule has 3 nitrogen and oxygen atoms in total. The average Bonchev–Trinajstić information content (AvgIpc) is 2.42. The van der Waals surface area contributed by atoms with Gasteiger partial charge in [-0.15, -0.1) is 0 Å². The van der Waals surface area contributed by atoms with E-state index in [2.05, 4.69) is 0 Å². The van der Waals surface area contributed by atoms with Gasteiger partial charge < -0.3 is 15.2 Å². The minimum absolute atomic E-state index is 0.0980. The van der Waals surface area contributed by atoms with Crippen molar-refractivity contribution in [2.24, 2.45) is 5.73 Å². The van der Waals surface area contributed by atoms with Crippen LogP contribution in [-0.4, -0.2) is 19.3 Å². The molecule has 0 aromatic heterocycles. The van der Waals surface area contributed by atoms with Gasteiger partial charge in [-0.25, -0.2) is 0 Å². The summed E-state index contributed by atoms with van der Waals surface area (Å²) >= 11 is 6.37. The van der Waals surface area contributed by atoms with Gasteiger partial charge in [0.15, 0.2) is 11.5 Å². The van der Waals surface area contributed by atoms with Crippen LogP contribution >= 0.6 is 11.6 Å². The van der Waals surface area contributed by atoms with Crippen LogP contribution in [0, 0.1) is 0 Å². The van der Waals surface area contributed by atoms with Gasteiger partial charge in [0, 0.05) is 6.04 Å². The maximum absolute atomic E-state index is 6.37. The van der Waals surface area contributed by atoms with E-state index in [9.17, 15) is 0 Å². The molecule has 20 heavy (non-hydrogen) atoms. The van der Waals surface area contributed by atoms with Crippen LogP contribution in [-0.2, 0) is 6.42 Å². The molecule has 2 N–H and O–H groups in total. The molecule has 0 radical (unpaired) electrons. The number of nitrogens with two attached hydrogens (primary N) is 1. The Labute approximate surface area is 126 Å². The van der Waals surface area contributed by atoms with Crippen LogP contribution in [0.3, 0.4) is 0 Å². The highest BCUT2D eigenvalue weighted by Crippen LogP contribution is 2.38. The Kier molecular flexibility index (Phi) is 5.55. The van der Waals surface area contributed by atoms with Gasteiger partial charge in [0.05, 0.1) is 18.2 Å². The molecule has 1 fully saturated rings. The van der Waals surface area contributed by atoms with Gasteiger partial charge >= 0.3 is 0 Å². The van der Waals surface area contributed by atoms with E-state index < -0.39 is 0 Å². The van der Waals surface area contributed by atoms with Crippen LogP contribution in [0.5, 0.6) is 11.5 Å². The van der Waals surface area contributed by atoms with Crippen molar-refractivity contribution >= 4 is 11.6 Å². The van der Waals surface area contributed by atoms with Crippen LogP contribution in [0.15, 0.2) is 12.1 Å². The molecular weight excluding hydrogens is 274 g/mol. The lowest BCUT2D eigenvalue weighted by Gasteiger charge is -2.25. The molecule has 1 aromatic rings. The number of methoxy groups -OCH3 is 1. The maximum atomic E-state index is 6.37. The zero-order valence-corrected chi connectivity index (χ0v) is 13.1. The summed E-state index contributed by atoms with van der Waals surface area (Å²) in [6.45, 7) is 1.98. The molecule has 1 saturated carbocycles. The van der Waals surface area contributed by atoms with Crippen molar-refractivity contribution in [3.63, 3.8) is 0 Å². The first-order valence-electron chi connectivity index (χ1n) is 7.38. The van der Waals surface area contributed by atoms with Gasteiger partial charge in [-0.2, -0.15) is 0 Å². The second-order valence-electron chi connectivity index (χ2n) is 5.67. The highest BCUT2D eigenvalue weighted by atomic mass is 35.5. The van der Waals surface area contributed by atoms with E-state index in [1.807, 2.05) is 19.1 Å². The smallest absolute Gasteiger partial charge is 0.180 e. The van der Waals surface area contributed by atoms with Crippen molar-refractivity contribution < 1.29 is 9.47 Å². The van der Waals surface area contributed by atoms with Crippen molar-refractivity contribution in [2.45, 2.75) is 57.6 Å². The number of hydrogen-bond donors (Lipinski definition) is 1. The lowest BCUT2D eigenvalue weighted by molar-refractivity contribution is 0.149. The zero-order valence-electron chi connectivity index (χ0n) is 12.3. The molecule has 0 bridgehead atoms. The van der Waals surface area contributed by atoms with Crippen LogP contribution in [0.2, 0.25) is 5.02 Å². The first-order chi connectivity index (χ1) is 9.60. The number of hydrogen-bond acceptors (Lipinski definition) is 3. The summed E-state index contributed by atoms with van der Waals surface area (Å²) in [7, 11) is 1.65. The van der Waals surface area contributed by atoms with E-state index >= 15 is 0 Å². The van der Waals surface area contributed by atoms with Gasteiger partial charge in [-0.3, -0.25) is 0 Å². The fraction of sp³-hybridized carbons (Fsp3) is 0.625. The summed E-state index contributed by atoms with van der Waals surface area (Å²) in [4.78, 5) is 0. The Bertz CT molecular complexity index is 442. The molecular formula is C16H24ClNO2. The van der Waals surface area contributed by atoms with Crippen LogP contribution in [0.1, 0.15) is 44.6 Å². The molecule has 112 valence electrons. The first-order valence-corrected chi connectivity index (χ1v) is 7.76. The number of ether oxygens (including phenoxy) is 2. The molecule has 1 aromatic carbocycles. The lowest BCUT2D eigenvalue weighted by atomic mass is 9.98. The number of benzene rings is 1. The van der Waals surface area contributed by atoms with Crippen molar-refractivity contribution in [1.82, 2.24) is 0 Å². The largest absolute Gasteiger partial charge is 0.493 e. The van der Waals surface area contributed by atoms with Gasteiger partial charge in [0.1, 0.15) is 0 Å². The van der Waals surface area contributed by atoms with Gasteiger partial charge in [-0.05, 0) is 56.7 Å². The molecule has 0 spiro atoms. The van der Waals surface area contributed by atoms with Crippen molar-refractivity contribution in [3.05, 3.63) is 22.7 Å². The molecule has 1 atom stereocenters. The molecule has 0 aliphatic heterocycles. The van der Waals surface area contributed by atoms with Crippen LogP contribution < -0.4 is 15.2 Å². The third kappa shape index (κ3) is 4.03. The van der Waals surface area contributed by atoms with Crippen molar-refractivity contribution in [3.8, 4) is 11.5 Å². The fourth-order valence-electron chi connectivity index (χ4n) is 2.73. The fourth-order valence-corrected chi connectivity index (χ4v) is 3.00. The van der Waals surface area contributed by atoms with E-state index in [0.717, 1.165) is 24.8 Å². The quantitative estimate of drug-likeness (QED) is 0.895. The van der Waals surface area contributed by atoms with E-state index in [1.165, 1.54) is 19.3 Å². The Morgan fingerprint density at radius 1 is 1.30 bits per heavy atom. The van der Waals surface area contributed by atoms with E-state index in [1.54, 1.807) is 7.11 Å². The Morgan fingerprint density at radius 2 is 2.00 bits per heavy atom. The Morgan fingerprint density at radius 3 is 2.60 bits per heavy atom. The Hall–Kier alpha value is -0.930. The number of halogens is 1. The average molecular weight is 298 g/mol. The SMILES string of the molecule is COc1cc(CC(C)N)cc(Cl)c1OC1CCCCC1. The molecule has 0 saturated heterocycles. The monoisotopic (exact) mass is 297 g/mol.